The number of aromatic hydroxyl groups is 1. The van der Waals surface area contributed by atoms with Crippen molar-refractivity contribution in [3.63, 3.8) is 0 Å². The Hall–Kier alpha value is -2.83. The maximum Gasteiger partial charge on any atom is 0.296 e. The largest absolute Gasteiger partial charge is 0.501 e. The van der Waals surface area contributed by atoms with Crippen LogP contribution in [0.4, 0.5) is 4.39 Å². The fourth-order valence-electron chi connectivity index (χ4n) is 5.60. The van der Waals surface area contributed by atoms with E-state index in [1.807, 2.05) is 0 Å². The first-order valence-electron chi connectivity index (χ1n) is 12.2. The Morgan fingerprint density at radius 1 is 1.11 bits per heavy atom. The van der Waals surface area contributed by atoms with Gasteiger partial charge in [-0.3, -0.25) is 14.2 Å². The molecule has 1 amide bonds. The van der Waals surface area contributed by atoms with E-state index in [0.717, 1.165) is 50.7 Å². The number of nitrogens with zero attached hydrogens (tertiary/aromatic N) is 3. The normalized spacial score (nSPS) is 19.8. The third-order valence-corrected chi connectivity index (χ3v) is 9.30. The Kier molecular flexibility index (Phi) is 6.60. The predicted octanol–water partition coefficient (Wildman–Crippen LogP) is 1.64. The summed E-state index contributed by atoms with van der Waals surface area (Å²) in [5.41, 5.74) is -1.04. The van der Waals surface area contributed by atoms with Crippen molar-refractivity contribution in [1.82, 2.24) is 19.2 Å². The Balaban J connectivity index is 1.39. The highest BCUT2D eigenvalue weighted by Crippen LogP contribution is 2.45. The highest BCUT2D eigenvalue weighted by molar-refractivity contribution is 7.89. The molecule has 0 radical (unpaired) electrons. The molecule has 5 rings (SSSR count). The lowest BCUT2D eigenvalue weighted by atomic mass is 9.78. The fourth-order valence-corrected chi connectivity index (χ4v) is 7.09. The SMILES string of the molecule is O=C(NCc1cc(F)cc(S(=O)(=O)N2CCOCC2)c1)c1nc2n(c(=O)c1O)CCCC21CCCC1. The van der Waals surface area contributed by atoms with Gasteiger partial charge in [0.25, 0.3) is 11.5 Å². The van der Waals surface area contributed by atoms with Crippen molar-refractivity contribution < 1.29 is 27.4 Å². The Labute approximate surface area is 208 Å². The zero-order valence-electron chi connectivity index (χ0n) is 19.8. The number of carbonyl (C=O) groups is 1. The van der Waals surface area contributed by atoms with Gasteiger partial charge in [-0.25, -0.2) is 17.8 Å². The summed E-state index contributed by atoms with van der Waals surface area (Å²) >= 11 is 0. The third kappa shape index (κ3) is 4.41. The number of aromatic nitrogens is 2. The molecule has 1 aromatic carbocycles. The van der Waals surface area contributed by atoms with Crippen molar-refractivity contribution >= 4 is 15.9 Å². The number of fused-ring (bicyclic) bond motifs is 2. The quantitative estimate of drug-likeness (QED) is 0.613. The second-order valence-corrected chi connectivity index (χ2v) is 11.6. The van der Waals surface area contributed by atoms with Gasteiger partial charge < -0.3 is 15.2 Å². The molecule has 1 saturated heterocycles. The summed E-state index contributed by atoms with van der Waals surface area (Å²) < 4.78 is 48.1. The lowest BCUT2D eigenvalue weighted by molar-refractivity contribution is 0.0730. The lowest BCUT2D eigenvalue weighted by Crippen LogP contribution is -2.41. The smallest absolute Gasteiger partial charge is 0.296 e. The number of carbonyl (C=O) groups excluding carboxylic acids is 1. The molecule has 194 valence electrons. The Morgan fingerprint density at radius 2 is 1.81 bits per heavy atom. The van der Waals surface area contributed by atoms with E-state index >= 15 is 0 Å². The maximum absolute atomic E-state index is 14.3. The zero-order valence-corrected chi connectivity index (χ0v) is 20.7. The van der Waals surface area contributed by atoms with Crippen LogP contribution >= 0.6 is 0 Å². The van der Waals surface area contributed by atoms with E-state index in [9.17, 15) is 27.5 Å². The summed E-state index contributed by atoms with van der Waals surface area (Å²) in [5, 5.41) is 13.0. The third-order valence-electron chi connectivity index (χ3n) is 7.42. The predicted molar refractivity (Wildman–Crippen MR) is 127 cm³/mol. The van der Waals surface area contributed by atoms with Crippen LogP contribution in [-0.2, 0) is 33.3 Å². The van der Waals surface area contributed by atoms with Crippen molar-refractivity contribution in [2.45, 2.75) is 61.9 Å². The molecule has 0 atom stereocenters. The van der Waals surface area contributed by atoms with Gasteiger partial charge in [-0.2, -0.15) is 4.31 Å². The van der Waals surface area contributed by atoms with E-state index in [-0.39, 0.29) is 54.4 Å². The highest BCUT2D eigenvalue weighted by Gasteiger charge is 2.42. The topological polar surface area (TPSA) is 131 Å². The first kappa shape index (κ1) is 24.8. The van der Waals surface area contributed by atoms with Crippen LogP contribution in [0.5, 0.6) is 5.75 Å². The fraction of sp³-hybridized carbons (Fsp3) is 0.542. The minimum Gasteiger partial charge on any atom is -0.501 e. The molecule has 10 nitrogen and oxygen atoms in total. The average molecular weight is 521 g/mol. The molecule has 0 unspecified atom stereocenters. The molecular formula is C24H29FN4O6S. The molecule has 0 bridgehead atoms. The number of morpholine rings is 1. The Morgan fingerprint density at radius 3 is 2.53 bits per heavy atom. The summed E-state index contributed by atoms with van der Waals surface area (Å²) in [7, 11) is -3.93. The molecule has 1 saturated carbocycles. The van der Waals surface area contributed by atoms with Gasteiger partial charge >= 0.3 is 0 Å². The van der Waals surface area contributed by atoms with Gasteiger partial charge in [-0.1, -0.05) is 12.8 Å². The van der Waals surface area contributed by atoms with E-state index in [1.165, 1.54) is 14.9 Å². The number of benzene rings is 1. The van der Waals surface area contributed by atoms with E-state index < -0.39 is 33.1 Å². The molecule has 2 N–H and O–H groups in total. The van der Waals surface area contributed by atoms with Crippen LogP contribution in [0.1, 0.15) is 60.4 Å². The number of rotatable bonds is 5. The number of hydrogen-bond acceptors (Lipinski definition) is 7. The van der Waals surface area contributed by atoms with Crippen molar-refractivity contribution in [3.05, 3.63) is 51.5 Å². The van der Waals surface area contributed by atoms with E-state index in [2.05, 4.69) is 10.3 Å². The second kappa shape index (κ2) is 9.56. The molecule has 3 heterocycles. The van der Waals surface area contributed by atoms with Gasteiger partial charge in [0, 0.05) is 31.6 Å². The Bertz CT molecular complexity index is 1350. The first-order chi connectivity index (χ1) is 17.2. The van der Waals surface area contributed by atoms with Crippen molar-refractivity contribution in [3.8, 4) is 5.75 Å². The van der Waals surface area contributed by atoms with Crippen molar-refractivity contribution in [2.75, 3.05) is 26.3 Å². The highest BCUT2D eigenvalue weighted by atomic mass is 32.2. The van der Waals surface area contributed by atoms with E-state index in [4.69, 9.17) is 4.74 Å². The van der Waals surface area contributed by atoms with Crippen LogP contribution in [0.25, 0.3) is 0 Å². The zero-order chi connectivity index (χ0) is 25.5. The van der Waals surface area contributed by atoms with Gasteiger partial charge in [0.15, 0.2) is 5.69 Å². The lowest BCUT2D eigenvalue weighted by Gasteiger charge is -2.35. The minimum atomic E-state index is -3.93. The summed E-state index contributed by atoms with van der Waals surface area (Å²) in [6, 6.07) is 3.37. The molecule has 12 heteroatoms. The molecule has 1 aromatic heterocycles. The molecular weight excluding hydrogens is 491 g/mol. The maximum atomic E-state index is 14.3. The number of nitrogens with one attached hydrogen (secondary N) is 1. The second-order valence-electron chi connectivity index (χ2n) is 9.67. The molecule has 1 spiro atoms. The van der Waals surface area contributed by atoms with Crippen LogP contribution in [0.2, 0.25) is 0 Å². The van der Waals surface area contributed by atoms with Crippen LogP contribution < -0.4 is 10.9 Å². The number of ether oxygens (including phenoxy) is 1. The van der Waals surface area contributed by atoms with Crippen LogP contribution in [0.3, 0.4) is 0 Å². The summed E-state index contributed by atoms with van der Waals surface area (Å²) in [6.07, 6.45) is 5.51. The number of hydrogen-bond donors (Lipinski definition) is 2. The van der Waals surface area contributed by atoms with Crippen molar-refractivity contribution in [1.29, 1.82) is 0 Å². The number of halogens is 1. The van der Waals surface area contributed by atoms with Crippen LogP contribution in [-0.4, -0.2) is 59.6 Å². The van der Waals surface area contributed by atoms with Gasteiger partial charge in [0.1, 0.15) is 11.6 Å². The average Bonchev–Trinajstić information content (AvgIpc) is 3.34. The van der Waals surface area contributed by atoms with Crippen LogP contribution in [0.15, 0.2) is 27.9 Å². The van der Waals surface area contributed by atoms with Gasteiger partial charge in [0.2, 0.25) is 15.8 Å². The molecule has 2 aromatic rings. The van der Waals surface area contributed by atoms with Crippen molar-refractivity contribution in [2.24, 2.45) is 0 Å². The van der Waals surface area contributed by atoms with E-state index in [0.29, 0.717) is 12.4 Å². The van der Waals surface area contributed by atoms with Crippen LogP contribution in [0, 0.1) is 5.82 Å². The monoisotopic (exact) mass is 520 g/mol. The first-order valence-corrected chi connectivity index (χ1v) is 13.7. The van der Waals surface area contributed by atoms with Gasteiger partial charge in [-0.05, 0) is 49.4 Å². The van der Waals surface area contributed by atoms with Gasteiger partial charge in [-0.15, -0.1) is 0 Å². The minimum absolute atomic E-state index is 0.172. The summed E-state index contributed by atoms with van der Waals surface area (Å²) in [4.78, 5) is 30.1. The number of amides is 1. The molecule has 3 aliphatic rings. The molecule has 2 fully saturated rings. The standard InChI is InChI=1S/C24H29FN4O6S/c25-17-12-16(13-18(14-17)36(33,34)28-8-10-35-11-9-28)15-26-21(31)19-20(30)22(32)29-7-3-6-24(23(29)27-19)4-1-2-5-24/h12-14,30H,1-11,15H2,(H,26,31). The van der Waals surface area contributed by atoms with E-state index in [1.54, 1.807) is 0 Å². The molecule has 1 aliphatic carbocycles. The summed E-state index contributed by atoms with van der Waals surface area (Å²) in [6.45, 7) is 1.09. The summed E-state index contributed by atoms with van der Waals surface area (Å²) in [5.74, 6) is -1.72. The molecule has 36 heavy (non-hydrogen) atoms. The van der Waals surface area contributed by atoms with Gasteiger partial charge in [0.05, 0.1) is 18.1 Å². The molecule has 2 aliphatic heterocycles. The number of sulfonamides is 1.